The molecule has 354 valence electrons. The zero-order chi connectivity index (χ0) is 46.2. The predicted molar refractivity (Wildman–Crippen MR) is 290 cm³/mol. The zero-order valence-corrected chi connectivity index (χ0v) is 46.3. The van der Waals surface area contributed by atoms with Crippen LogP contribution in [0.1, 0.15) is 151 Å². The summed E-state index contributed by atoms with van der Waals surface area (Å²) in [7, 11) is 11.0. The van der Waals surface area contributed by atoms with E-state index in [4.69, 9.17) is 17.0 Å². The second-order valence-corrected chi connectivity index (χ2v) is 28.9. The second kappa shape index (κ2) is 21.1. The summed E-state index contributed by atoms with van der Waals surface area (Å²) in [4.78, 5) is 0. The Balaban J connectivity index is 0.000000134. The first kappa shape index (κ1) is 48.1. The van der Waals surface area contributed by atoms with Gasteiger partial charge in [0.25, 0.3) is 0 Å². The Morgan fingerprint density at radius 3 is 1.10 bits per heavy atom. The minimum atomic E-state index is -0.826. The molecule has 0 atom stereocenters. The van der Waals surface area contributed by atoms with Gasteiger partial charge in [0.2, 0.25) is 0 Å². The fourth-order valence-corrected chi connectivity index (χ4v) is 17.4. The predicted octanol–water partition coefficient (Wildman–Crippen LogP) is 19.0. The summed E-state index contributed by atoms with van der Waals surface area (Å²) in [5.74, 6) is 7.93. The van der Waals surface area contributed by atoms with E-state index < -0.39 is 20.8 Å². The first-order valence-corrected chi connectivity index (χ1v) is 35.8. The van der Waals surface area contributed by atoms with Gasteiger partial charge in [0, 0.05) is 9.52 Å². The Labute approximate surface area is 431 Å². The summed E-state index contributed by atoms with van der Waals surface area (Å²) < 4.78 is 0. The summed E-state index contributed by atoms with van der Waals surface area (Å²) in [6, 6.07) is 43.5. The molecule has 4 heteroatoms. The molecule has 0 saturated heterocycles. The van der Waals surface area contributed by atoms with E-state index in [0.717, 1.165) is 56.9 Å². The third-order valence-electron chi connectivity index (χ3n) is 19.3. The summed E-state index contributed by atoms with van der Waals surface area (Å²) in [5.41, 5.74) is 13.1. The number of benzene rings is 4. The third kappa shape index (κ3) is 10.1. The number of fused-ring (bicyclic) bond motifs is 2. The molecule has 10 fully saturated rings. The van der Waals surface area contributed by atoms with Gasteiger partial charge in [-0.25, -0.2) is 0 Å². The van der Waals surface area contributed by atoms with Crippen LogP contribution in [0.5, 0.6) is 0 Å². The largest absolute Gasteiger partial charge is 0.164 e. The Kier molecular flexibility index (Phi) is 14.9. The number of halogens is 2. The molecule has 0 N–H and O–H groups in total. The molecule has 68 heavy (non-hydrogen) atoms. The molecule has 0 aliphatic heterocycles. The van der Waals surface area contributed by atoms with Crippen LogP contribution >= 0.6 is 17.0 Å². The van der Waals surface area contributed by atoms with Crippen LogP contribution in [0.2, 0.25) is 13.1 Å². The van der Waals surface area contributed by atoms with E-state index in [2.05, 4.69) is 122 Å². The molecular weight excluding hydrogens is 959 g/mol. The van der Waals surface area contributed by atoms with Crippen LogP contribution < -0.4 is 0 Å². The molecule has 0 nitrogen and oxygen atoms in total. The molecule has 0 unspecified atom stereocenters. The molecule has 0 spiro atoms. The average molecular weight is 1040 g/mol. The number of hydrogen-bond acceptors (Lipinski definition) is 0. The molecule has 6 aromatic rings. The van der Waals surface area contributed by atoms with Gasteiger partial charge in [0.05, 0.1) is 0 Å². The minimum absolute atomic E-state index is 0.508. The van der Waals surface area contributed by atoms with Crippen molar-refractivity contribution in [3.63, 3.8) is 0 Å². The van der Waals surface area contributed by atoms with E-state index in [1.54, 1.807) is 22.3 Å². The van der Waals surface area contributed by atoms with E-state index >= 15 is 0 Å². The molecule has 10 saturated carbocycles. The molecule has 6 aromatic carbocycles. The van der Waals surface area contributed by atoms with Gasteiger partial charge in [-0.3, -0.25) is 0 Å². The van der Waals surface area contributed by atoms with Crippen LogP contribution in [0, 0.1) is 47.3 Å². The molecule has 10 aliphatic carbocycles. The van der Waals surface area contributed by atoms with Crippen molar-refractivity contribution >= 4 is 48.1 Å². The van der Waals surface area contributed by atoms with Gasteiger partial charge in [0.1, 0.15) is 0 Å². The average Bonchev–Trinajstić information content (AvgIpc) is 4.18. The van der Waals surface area contributed by atoms with Crippen molar-refractivity contribution in [2.75, 3.05) is 0 Å². The van der Waals surface area contributed by atoms with Crippen LogP contribution in [0.15, 0.2) is 109 Å². The minimum Gasteiger partial charge on any atom is -0.164 e. The Bertz CT molecular complexity index is 2350. The monoisotopic (exact) mass is 1030 g/mol. The van der Waals surface area contributed by atoms with Gasteiger partial charge in [0.15, 0.2) is 0 Å². The quantitative estimate of drug-likeness (QED) is 0.105. The molecule has 0 aromatic heterocycles. The number of hydrogen-bond donors (Lipinski definition) is 0. The van der Waals surface area contributed by atoms with E-state index in [1.807, 2.05) is 0 Å². The standard InChI is InChI=1S/2C31H35.C2H6Si.2ClH.Zr/c2*1-2-5-21(4-1)12-22-16-27-6-3-7-29(30(27)17-22)26-8-10-28(11-9-26)31-18-23-13-24(19-31)15-25(14-23)20-31;1-3-2;;;/h2*3,6-11,16-17,21,23-25H,1-2,4-5,12-15,18-20H2;1-2H3;2*1H;/q2*-1;;;;+4/p-2. The molecule has 2 radical (unpaired) electrons. The maximum atomic E-state index is 4.93. The van der Waals surface area contributed by atoms with E-state index in [0.29, 0.717) is 10.8 Å². The van der Waals surface area contributed by atoms with Crippen molar-refractivity contribution in [1.29, 1.82) is 0 Å². The van der Waals surface area contributed by atoms with Crippen LogP contribution in [-0.4, -0.2) is 9.52 Å². The van der Waals surface area contributed by atoms with Crippen molar-refractivity contribution in [1.82, 2.24) is 0 Å². The summed E-state index contributed by atoms with van der Waals surface area (Å²) in [5, 5.41) is 5.77. The zero-order valence-electron chi connectivity index (χ0n) is 41.3. The Morgan fingerprint density at radius 1 is 0.485 bits per heavy atom. The smallest absolute Gasteiger partial charge is 0.00391 e. The van der Waals surface area contributed by atoms with Gasteiger partial charge in [-0.2, -0.15) is 12.1 Å². The first-order chi connectivity index (χ1) is 33.3. The topological polar surface area (TPSA) is 0 Å². The van der Waals surface area contributed by atoms with Crippen LogP contribution in [0.25, 0.3) is 43.8 Å². The molecular formula is C64H76Cl2SiZr. The molecule has 10 aliphatic rings. The normalized spacial score (nSPS) is 29.9. The van der Waals surface area contributed by atoms with Gasteiger partial charge in [-0.15, -0.1) is 69.1 Å². The van der Waals surface area contributed by atoms with Crippen LogP contribution in [-0.2, 0) is 44.5 Å². The molecule has 0 heterocycles. The summed E-state index contributed by atoms with van der Waals surface area (Å²) >= 11 is -0.826. The van der Waals surface area contributed by atoms with Crippen molar-refractivity contribution < 1.29 is 20.8 Å². The van der Waals surface area contributed by atoms with Gasteiger partial charge in [-0.1, -0.05) is 136 Å². The van der Waals surface area contributed by atoms with Crippen molar-refractivity contribution in [3.05, 3.63) is 131 Å². The van der Waals surface area contributed by atoms with Crippen LogP contribution in [0.4, 0.5) is 0 Å². The maximum Gasteiger partial charge on any atom is -0.00391 e. The van der Waals surface area contributed by atoms with Gasteiger partial charge in [-0.05, 0) is 170 Å². The third-order valence-corrected chi connectivity index (χ3v) is 19.3. The van der Waals surface area contributed by atoms with E-state index in [1.165, 1.54) is 185 Å². The van der Waals surface area contributed by atoms with Gasteiger partial charge >= 0.3 is 37.9 Å². The van der Waals surface area contributed by atoms with Gasteiger partial charge < -0.3 is 0 Å². The summed E-state index contributed by atoms with van der Waals surface area (Å²) in [6.07, 6.45) is 31.9. The maximum absolute atomic E-state index is 4.93. The summed E-state index contributed by atoms with van der Waals surface area (Å²) in [6.45, 7) is 4.31. The molecule has 8 bridgehead atoms. The fraction of sp³-hybridized carbons (Fsp3) is 0.531. The molecule has 16 rings (SSSR count). The van der Waals surface area contributed by atoms with Crippen molar-refractivity contribution in [2.45, 2.75) is 165 Å². The first-order valence-electron chi connectivity index (χ1n) is 27.4. The fourth-order valence-electron chi connectivity index (χ4n) is 17.4. The van der Waals surface area contributed by atoms with E-state index in [9.17, 15) is 0 Å². The van der Waals surface area contributed by atoms with Crippen molar-refractivity contribution in [2.24, 2.45) is 47.3 Å². The number of rotatable bonds is 8. The van der Waals surface area contributed by atoms with E-state index in [-0.39, 0.29) is 0 Å². The van der Waals surface area contributed by atoms with Crippen molar-refractivity contribution in [3.8, 4) is 22.3 Å². The molecule has 0 amide bonds. The Hall–Kier alpha value is -2.22. The second-order valence-electron chi connectivity index (χ2n) is 24.2. The Morgan fingerprint density at radius 2 is 0.794 bits per heavy atom. The van der Waals surface area contributed by atoms with Crippen LogP contribution in [0.3, 0.4) is 0 Å². The SMILES string of the molecule is C[Si]C.[Cl][Zr+2][Cl].c1cc(-c2ccc(C34CC5CC(CC(C5)C3)C4)cc2)c2cc(CC3CCCC3)[cH-]c2c1.c1cc(-c2ccc(C34CC5CC(CC(C5)C3)C4)cc2)c2cc(CC3CCCC3)[cH-]c2c1.